The molecule has 0 aliphatic carbocycles. The average Bonchev–Trinajstić information content (AvgIpc) is 2.49. The van der Waals surface area contributed by atoms with Gasteiger partial charge in [0.25, 0.3) is 0 Å². The number of hydrogen-bond donors (Lipinski definition) is 3. The molecule has 0 saturated heterocycles. The molecule has 0 saturated carbocycles. The summed E-state index contributed by atoms with van der Waals surface area (Å²) in [7, 11) is 0. The van der Waals surface area contributed by atoms with Crippen LogP contribution in [0.25, 0.3) is 0 Å². The minimum Gasteiger partial charge on any atom is -0.481 e. The molecule has 21 heavy (non-hydrogen) atoms. The van der Waals surface area contributed by atoms with Crippen molar-refractivity contribution in [3.63, 3.8) is 0 Å². The lowest BCUT2D eigenvalue weighted by atomic mass is 9.99. The Morgan fingerprint density at radius 1 is 1.14 bits per heavy atom. The number of anilines is 1. The van der Waals surface area contributed by atoms with Crippen molar-refractivity contribution >= 4 is 17.7 Å². The van der Waals surface area contributed by atoms with Gasteiger partial charge in [-0.2, -0.15) is 0 Å². The number of benzene rings is 1. The molecule has 0 radical (unpaired) electrons. The molecular formula is C15H15N3O3. The number of nitrogens with one attached hydrogen (secondary N) is 2. The largest absolute Gasteiger partial charge is 0.481 e. The van der Waals surface area contributed by atoms with Gasteiger partial charge < -0.3 is 15.7 Å². The molecule has 3 N–H and O–H groups in total. The summed E-state index contributed by atoms with van der Waals surface area (Å²) in [6, 6.07) is 11.7. The molecule has 6 nitrogen and oxygen atoms in total. The van der Waals surface area contributed by atoms with Gasteiger partial charge in [-0.3, -0.25) is 9.78 Å². The van der Waals surface area contributed by atoms with E-state index in [0.29, 0.717) is 11.3 Å². The van der Waals surface area contributed by atoms with Gasteiger partial charge in [-0.25, -0.2) is 4.79 Å². The maximum absolute atomic E-state index is 11.7. The van der Waals surface area contributed by atoms with Crippen LogP contribution in [0.1, 0.15) is 11.5 Å². The van der Waals surface area contributed by atoms with Crippen LogP contribution in [0, 0.1) is 0 Å². The average molecular weight is 285 g/mol. The van der Waals surface area contributed by atoms with Gasteiger partial charge in [-0.1, -0.05) is 30.3 Å². The molecule has 0 spiro atoms. The van der Waals surface area contributed by atoms with E-state index in [1.54, 1.807) is 42.6 Å². The maximum atomic E-state index is 11.7. The molecule has 108 valence electrons. The minimum atomic E-state index is -0.983. The van der Waals surface area contributed by atoms with Crippen LogP contribution < -0.4 is 10.6 Å². The number of carbonyl (C=O) groups is 2. The lowest BCUT2D eigenvalue weighted by molar-refractivity contribution is -0.138. The first kappa shape index (κ1) is 14.5. The predicted molar refractivity (Wildman–Crippen MR) is 78.1 cm³/mol. The Morgan fingerprint density at radius 3 is 2.52 bits per heavy atom. The highest BCUT2D eigenvalue weighted by Crippen LogP contribution is 2.14. The van der Waals surface area contributed by atoms with Gasteiger partial charge in [0.1, 0.15) is 0 Å². The highest BCUT2D eigenvalue weighted by Gasteiger charge is 2.20. The summed E-state index contributed by atoms with van der Waals surface area (Å²) >= 11 is 0. The Kier molecular flexibility index (Phi) is 4.87. The van der Waals surface area contributed by atoms with Crippen LogP contribution in [-0.4, -0.2) is 28.6 Å². The summed E-state index contributed by atoms with van der Waals surface area (Å²) < 4.78 is 0. The van der Waals surface area contributed by atoms with Gasteiger partial charge in [0, 0.05) is 12.7 Å². The van der Waals surface area contributed by atoms with E-state index in [1.165, 1.54) is 6.20 Å². The fourth-order valence-corrected chi connectivity index (χ4v) is 1.84. The van der Waals surface area contributed by atoms with Crippen molar-refractivity contribution < 1.29 is 14.7 Å². The monoisotopic (exact) mass is 285 g/mol. The molecule has 1 aromatic heterocycles. The second kappa shape index (κ2) is 7.04. The van der Waals surface area contributed by atoms with Gasteiger partial charge in [0.2, 0.25) is 0 Å². The molecule has 2 rings (SSSR count). The van der Waals surface area contributed by atoms with Crippen LogP contribution in [0.4, 0.5) is 10.5 Å². The normalized spacial score (nSPS) is 11.4. The van der Waals surface area contributed by atoms with Gasteiger partial charge in [-0.15, -0.1) is 0 Å². The number of carboxylic acids is 1. The van der Waals surface area contributed by atoms with Crippen LogP contribution in [0.3, 0.4) is 0 Å². The first-order valence-corrected chi connectivity index (χ1v) is 6.39. The molecule has 1 heterocycles. The lowest BCUT2D eigenvalue weighted by Gasteiger charge is -2.14. The fraction of sp³-hybridized carbons (Fsp3) is 0.133. The fourth-order valence-electron chi connectivity index (χ4n) is 1.84. The predicted octanol–water partition coefficient (Wildman–Crippen LogP) is 2.07. The van der Waals surface area contributed by atoms with Crippen LogP contribution in [0.5, 0.6) is 0 Å². The number of hydrogen-bond acceptors (Lipinski definition) is 3. The number of aliphatic carboxylic acids is 1. The highest BCUT2D eigenvalue weighted by atomic mass is 16.4. The zero-order valence-electron chi connectivity index (χ0n) is 11.2. The molecule has 1 unspecified atom stereocenters. The third-order valence-electron chi connectivity index (χ3n) is 2.89. The Bertz CT molecular complexity index is 602. The maximum Gasteiger partial charge on any atom is 0.319 e. The molecule has 0 fully saturated rings. The molecule has 2 amide bonds. The molecule has 0 aliphatic heterocycles. The SMILES string of the molecule is O=C(NCC(C(=O)O)c1ccccc1)Nc1cccnc1. The Morgan fingerprint density at radius 2 is 1.90 bits per heavy atom. The zero-order chi connectivity index (χ0) is 15.1. The number of nitrogens with zero attached hydrogens (tertiary/aromatic N) is 1. The smallest absolute Gasteiger partial charge is 0.319 e. The number of rotatable bonds is 5. The van der Waals surface area contributed by atoms with E-state index >= 15 is 0 Å². The number of pyridine rings is 1. The molecule has 0 bridgehead atoms. The third kappa shape index (κ3) is 4.31. The van der Waals surface area contributed by atoms with E-state index in [2.05, 4.69) is 15.6 Å². The van der Waals surface area contributed by atoms with E-state index in [9.17, 15) is 14.7 Å². The molecule has 6 heteroatoms. The summed E-state index contributed by atoms with van der Waals surface area (Å²) in [6.45, 7) is 0.00540. The van der Waals surface area contributed by atoms with Crippen LogP contribution in [0.2, 0.25) is 0 Å². The van der Waals surface area contributed by atoms with E-state index in [4.69, 9.17) is 0 Å². The second-order valence-electron chi connectivity index (χ2n) is 4.38. The highest BCUT2D eigenvalue weighted by molar-refractivity contribution is 5.89. The standard InChI is InChI=1S/C15H15N3O3/c19-14(20)13(11-5-2-1-3-6-11)10-17-15(21)18-12-7-4-8-16-9-12/h1-9,13H,10H2,(H,19,20)(H2,17,18,21). The lowest BCUT2D eigenvalue weighted by Crippen LogP contribution is -2.34. The first-order chi connectivity index (χ1) is 10.2. The zero-order valence-corrected chi connectivity index (χ0v) is 11.2. The molecule has 0 aliphatic rings. The summed E-state index contributed by atoms with van der Waals surface area (Å²) in [5.41, 5.74) is 1.19. The topological polar surface area (TPSA) is 91.3 Å². The molecule has 1 atom stereocenters. The van der Waals surface area contributed by atoms with E-state index in [-0.39, 0.29) is 6.54 Å². The number of carboxylic acid groups (broad SMARTS) is 1. The van der Waals surface area contributed by atoms with Crippen LogP contribution >= 0.6 is 0 Å². The number of urea groups is 1. The Hall–Kier alpha value is -2.89. The number of carbonyl (C=O) groups excluding carboxylic acids is 1. The number of aromatic nitrogens is 1. The Labute approximate surface area is 121 Å². The Balaban J connectivity index is 1.93. The van der Waals surface area contributed by atoms with E-state index in [1.807, 2.05) is 6.07 Å². The second-order valence-corrected chi connectivity index (χ2v) is 4.38. The number of amides is 2. The summed E-state index contributed by atoms with van der Waals surface area (Å²) in [5, 5.41) is 14.4. The van der Waals surface area contributed by atoms with Crippen LogP contribution in [-0.2, 0) is 4.79 Å². The van der Waals surface area contributed by atoms with Crippen molar-refractivity contribution in [3.8, 4) is 0 Å². The van der Waals surface area contributed by atoms with Gasteiger partial charge in [0.05, 0.1) is 17.8 Å². The minimum absolute atomic E-state index is 0.00540. The van der Waals surface area contributed by atoms with E-state index < -0.39 is 17.9 Å². The van der Waals surface area contributed by atoms with Crippen molar-refractivity contribution in [3.05, 3.63) is 60.4 Å². The summed E-state index contributed by atoms with van der Waals surface area (Å²) in [6.07, 6.45) is 3.10. The van der Waals surface area contributed by atoms with Crippen molar-refractivity contribution in [2.75, 3.05) is 11.9 Å². The van der Waals surface area contributed by atoms with Crippen LogP contribution in [0.15, 0.2) is 54.9 Å². The molecule has 1 aromatic carbocycles. The van der Waals surface area contributed by atoms with E-state index in [0.717, 1.165) is 0 Å². The summed E-state index contributed by atoms with van der Waals surface area (Å²) in [5.74, 6) is -1.77. The van der Waals surface area contributed by atoms with Gasteiger partial charge in [0.15, 0.2) is 0 Å². The van der Waals surface area contributed by atoms with Gasteiger partial charge >= 0.3 is 12.0 Å². The van der Waals surface area contributed by atoms with Crippen molar-refractivity contribution in [1.82, 2.24) is 10.3 Å². The van der Waals surface area contributed by atoms with Crippen molar-refractivity contribution in [1.29, 1.82) is 0 Å². The molecule has 2 aromatic rings. The molecular weight excluding hydrogens is 270 g/mol. The summed E-state index contributed by atoms with van der Waals surface area (Å²) in [4.78, 5) is 26.9. The van der Waals surface area contributed by atoms with Crippen molar-refractivity contribution in [2.24, 2.45) is 0 Å². The van der Waals surface area contributed by atoms with Gasteiger partial charge in [-0.05, 0) is 17.7 Å². The quantitative estimate of drug-likeness (QED) is 0.784. The third-order valence-corrected chi connectivity index (χ3v) is 2.89. The van der Waals surface area contributed by atoms with Crippen molar-refractivity contribution in [2.45, 2.75) is 5.92 Å². The first-order valence-electron chi connectivity index (χ1n) is 6.39.